The molecule has 6 nitrogen and oxygen atoms in total. The number of nitrogens with one attached hydrogen (secondary N) is 1. The van der Waals surface area contributed by atoms with Crippen LogP contribution in [-0.4, -0.2) is 80.8 Å². The lowest BCUT2D eigenvalue weighted by atomic mass is 10.2. The molecule has 0 aromatic rings. The Bertz CT molecular complexity index is 398. The minimum absolute atomic E-state index is 0.0485. The van der Waals surface area contributed by atoms with Crippen molar-refractivity contribution in [3.8, 4) is 0 Å². The standard InChI is InChI=1S/C19H46N2O4SSi2/c1-10-21(11-2)19(26-12-3,15-13-17-27(8,22-4)23-5)20-16-14-18-28(9,24-6)25-7/h20H,10-18H2,1-9H3. The van der Waals surface area contributed by atoms with Crippen LogP contribution in [0.5, 0.6) is 0 Å². The summed E-state index contributed by atoms with van der Waals surface area (Å²) in [6, 6.07) is 2.00. The fourth-order valence-corrected chi connectivity index (χ4v) is 7.66. The van der Waals surface area contributed by atoms with Crippen molar-refractivity contribution in [2.24, 2.45) is 0 Å². The molecular formula is C19H46N2O4SSi2. The average Bonchev–Trinajstić information content (AvgIpc) is 2.71. The quantitative estimate of drug-likeness (QED) is 0.189. The maximum atomic E-state index is 5.69. The maximum absolute atomic E-state index is 5.69. The Balaban J connectivity index is 5.10. The van der Waals surface area contributed by atoms with Gasteiger partial charge in [-0.15, -0.1) is 11.8 Å². The van der Waals surface area contributed by atoms with Gasteiger partial charge in [0.05, 0.1) is 0 Å². The van der Waals surface area contributed by atoms with Gasteiger partial charge in [-0.05, 0) is 69.8 Å². The predicted molar refractivity (Wildman–Crippen MR) is 127 cm³/mol. The van der Waals surface area contributed by atoms with Crippen molar-refractivity contribution in [1.29, 1.82) is 0 Å². The molecule has 0 heterocycles. The van der Waals surface area contributed by atoms with Crippen LogP contribution in [0.2, 0.25) is 25.2 Å². The number of thioether (sulfide) groups is 1. The van der Waals surface area contributed by atoms with E-state index in [4.69, 9.17) is 17.7 Å². The monoisotopic (exact) mass is 454 g/mol. The zero-order valence-electron chi connectivity index (χ0n) is 19.9. The van der Waals surface area contributed by atoms with Gasteiger partial charge in [-0.25, -0.2) is 0 Å². The summed E-state index contributed by atoms with van der Waals surface area (Å²) in [5.41, 5.74) is 0. The zero-order chi connectivity index (χ0) is 21.7. The molecule has 170 valence electrons. The highest BCUT2D eigenvalue weighted by Crippen LogP contribution is 2.33. The van der Waals surface area contributed by atoms with Crippen LogP contribution in [0.1, 0.15) is 40.0 Å². The molecule has 1 N–H and O–H groups in total. The van der Waals surface area contributed by atoms with Gasteiger partial charge in [0.25, 0.3) is 0 Å². The van der Waals surface area contributed by atoms with Crippen LogP contribution < -0.4 is 5.32 Å². The van der Waals surface area contributed by atoms with E-state index in [9.17, 15) is 0 Å². The molecule has 0 saturated carbocycles. The average molecular weight is 455 g/mol. The third-order valence-corrected chi connectivity index (χ3v) is 13.1. The molecule has 0 aromatic heterocycles. The van der Waals surface area contributed by atoms with Crippen molar-refractivity contribution in [2.75, 3.05) is 53.8 Å². The molecule has 0 amide bonds. The second-order valence-electron chi connectivity index (χ2n) is 7.36. The molecule has 0 radical (unpaired) electrons. The van der Waals surface area contributed by atoms with Crippen LogP contribution >= 0.6 is 11.8 Å². The first-order chi connectivity index (χ1) is 13.2. The van der Waals surface area contributed by atoms with Gasteiger partial charge in [-0.2, -0.15) is 0 Å². The van der Waals surface area contributed by atoms with E-state index < -0.39 is 17.1 Å². The second kappa shape index (κ2) is 14.5. The highest BCUT2D eigenvalue weighted by Gasteiger charge is 2.37. The van der Waals surface area contributed by atoms with Gasteiger partial charge in [0.2, 0.25) is 0 Å². The summed E-state index contributed by atoms with van der Waals surface area (Å²) in [4.78, 5) is 2.51. The second-order valence-corrected chi connectivity index (χ2v) is 16.1. The normalized spacial score (nSPS) is 15.2. The predicted octanol–water partition coefficient (Wildman–Crippen LogP) is 4.22. The van der Waals surface area contributed by atoms with E-state index >= 15 is 0 Å². The SMILES string of the molecule is CCSC(CCC[Si](C)(OC)OC)(NCCC[Si](C)(OC)OC)N(CC)CC. The molecule has 0 aliphatic rings. The molecule has 28 heavy (non-hydrogen) atoms. The molecule has 0 aliphatic heterocycles. The Hall–Kier alpha value is 0.544. The minimum Gasteiger partial charge on any atom is -0.398 e. The summed E-state index contributed by atoms with van der Waals surface area (Å²) in [6.07, 6.45) is 3.22. The summed E-state index contributed by atoms with van der Waals surface area (Å²) in [7, 11) is 3.05. The number of hydrogen-bond donors (Lipinski definition) is 1. The Morgan fingerprint density at radius 3 is 1.68 bits per heavy atom. The van der Waals surface area contributed by atoms with Crippen LogP contribution in [0, 0.1) is 0 Å². The molecule has 0 spiro atoms. The first kappa shape index (κ1) is 28.5. The number of hydrogen-bond acceptors (Lipinski definition) is 7. The Morgan fingerprint density at radius 1 is 0.821 bits per heavy atom. The van der Waals surface area contributed by atoms with E-state index in [1.54, 1.807) is 28.4 Å². The lowest BCUT2D eigenvalue weighted by Crippen LogP contribution is -2.57. The molecule has 0 saturated heterocycles. The molecule has 0 rings (SSSR count). The summed E-state index contributed by atoms with van der Waals surface area (Å²) >= 11 is 2.01. The molecule has 0 aliphatic carbocycles. The first-order valence-electron chi connectivity index (χ1n) is 10.6. The van der Waals surface area contributed by atoms with Crippen molar-refractivity contribution in [1.82, 2.24) is 10.2 Å². The highest BCUT2D eigenvalue weighted by atomic mass is 32.2. The van der Waals surface area contributed by atoms with Crippen molar-refractivity contribution in [3.63, 3.8) is 0 Å². The van der Waals surface area contributed by atoms with Crippen LogP contribution in [-0.2, 0) is 17.7 Å². The molecule has 0 bridgehead atoms. The zero-order valence-corrected chi connectivity index (χ0v) is 22.7. The van der Waals surface area contributed by atoms with Gasteiger partial charge in [0, 0.05) is 28.4 Å². The molecule has 0 fully saturated rings. The van der Waals surface area contributed by atoms with Crippen LogP contribution in [0.15, 0.2) is 0 Å². The van der Waals surface area contributed by atoms with Crippen molar-refractivity contribution in [3.05, 3.63) is 0 Å². The lowest BCUT2D eigenvalue weighted by Gasteiger charge is -2.44. The fraction of sp³-hybridized carbons (Fsp3) is 1.00. The third-order valence-electron chi connectivity index (χ3n) is 5.74. The van der Waals surface area contributed by atoms with Gasteiger partial charge in [-0.1, -0.05) is 20.8 Å². The topological polar surface area (TPSA) is 52.2 Å². The maximum Gasteiger partial charge on any atom is 0.334 e. The molecule has 9 heteroatoms. The van der Waals surface area contributed by atoms with E-state index in [1.165, 1.54) is 0 Å². The lowest BCUT2D eigenvalue weighted by molar-refractivity contribution is 0.137. The summed E-state index contributed by atoms with van der Waals surface area (Å²) in [6.45, 7) is 14.0. The van der Waals surface area contributed by atoms with Gasteiger partial charge in [-0.3, -0.25) is 10.2 Å². The first-order valence-corrected chi connectivity index (χ1v) is 16.6. The van der Waals surface area contributed by atoms with E-state index in [0.717, 1.165) is 56.7 Å². The largest absolute Gasteiger partial charge is 0.398 e. The fourth-order valence-electron chi connectivity index (χ4n) is 3.46. The molecule has 0 aromatic carbocycles. The van der Waals surface area contributed by atoms with Gasteiger partial charge in [0.15, 0.2) is 0 Å². The van der Waals surface area contributed by atoms with Gasteiger partial charge < -0.3 is 17.7 Å². The Kier molecular flexibility index (Phi) is 14.8. The third kappa shape index (κ3) is 9.13. The summed E-state index contributed by atoms with van der Waals surface area (Å²) in [5, 5.41) is 3.91. The summed E-state index contributed by atoms with van der Waals surface area (Å²) < 4.78 is 22.6. The van der Waals surface area contributed by atoms with Crippen molar-refractivity contribution >= 4 is 28.9 Å². The van der Waals surface area contributed by atoms with E-state index in [1.807, 2.05) is 11.8 Å². The number of nitrogens with zero attached hydrogens (tertiary/aromatic N) is 1. The van der Waals surface area contributed by atoms with E-state index in [2.05, 4.69) is 44.1 Å². The minimum atomic E-state index is -2.03. The molecule has 1 atom stereocenters. The van der Waals surface area contributed by atoms with E-state index in [0.29, 0.717) is 0 Å². The van der Waals surface area contributed by atoms with Crippen LogP contribution in [0.4, 0.5) is 0 Å². The van der Waals surface area contributed by atoms with Crippen molar-refractivity contribution in [2.45, 2.75) is 70.2 Å². The Labute approximate surface area is 180 Å². The highest BCUT2D eigenvalue weighted by molar-refractivity contribution is 8.00. The smallest absolute Gasteiger partial charge is 0.334 e. The summed E-state index contributed by atoms with van der Waals surface area (Å²) in [5.74, 6) is 1.08. The Morgan fingerprint density at radius 2 is 1.29 bits per heavy atom. The molecular weight excluding hydrogens is 408 g/mol. The van der Waals surface area contributed by atoms with Crippen LogP contribution in [0.25, 0.3) is 0 Å². The molecule has 1 unspecified atom stereocenters. The number of rotatable bonds is 18. The van der Waals surface area contributed by atoms with Gasteiger partial charge >= 0.3 is 17.1 Å². The van der Waals surface area contributed by atoms with E-state index in [-0.39, 0.29) is 4.99 Å². The van der Waals surface area contributed by atoms with Crippen molar-refractivity contribution < 1.29 is 17.7 Å². The van der Waals surface area contributed by atoms with Crippen LogP contribution in [0.3, 0.4) is 0 Å². The van der Waals surface area contributed by atoms with Gasteiger partial charge in [0.1, 0.15) is 4.99 Å².